The van der Waals surface area contributed by atoms with E-state index >= 15 is 0 Å². The van der Waals surface area contributed by atoms with Crippen molar-refractivity contribution in [2.24, 2.45) is 17.4 Å². The van der Waals surface area contributed by atoms with Crippen LogP contribution in [0.1, 0.15) is 97.5 Å². The van der Waals surface area contributed by atoms with Gasteiger partial charge in [-0.3, -0.25) is 29.4 Å². The van der Waals surface area contributed by atoms with Crippen molar-refractivity contribution in [2.45, 2.75) is 153 Å². The predicted molar refractivity (Wildman–Crippen MR) is 257 cm³/mol. The highest BCUT2D eigenvalue weighted by atomic mass is 16.6. The van der Waals surface area contributed by atoms with Crippen molar-refractivity contribution in [3.05, 3.63) is 65.8 Å². The van der Waals surface area contributed by atoms with Gasteiger partial charge in [-0.05, 0) is 89.5 Å². The summed E-state index contributed by atoms with van der Waals surface area (Å²) in [6.07, 6.45) is 8.54. The first-order valence-electron chi connectivity index (χ1n) is 23.9. The number of urea groups is 1. The second kappa shape index (κ2) is 28.7. The summed E-state index contributed by atoms with van der Waals surface area (Å²) >= 11 is 0. The highest BCUT2D eigenvalue weighted by molar-refractivity contribution is 5.97. The van der Waals surface area contributed by atoms with E-state index in [4.69, 9.17) is 30.4 Å². The fourth-order valence-electron chi connectivity index (χ4n) is 7.97. The number of primary amides is 1. The molecule has 13 N–H and O–H groups in total. The SMILES string of the molecule is CC(/C=C/C1O[C@H](CC(=O)NNC(=O)OCc2ccc(NC(=O)C(CCCNC(N)=O)NC(=O)CNC(=O)CCCCCN)cc2)CC2(CO2)[C@@H]1O)=C\C[C@@H]1O[C@H](C)C(NC(=O)/C=C\C(C)O)C[C@@H]1C. The minimum absolute atomic E-state index is 0.0710. The lowest BCUT2D eigenvalue weighted by Crippen LogP contribution is -2.51. The van der Waals surface area contributed by atoms with Crippen molar-refractivity contribution in [1.82, 2.24) is 32.1 Å². The molecule has 8 amide bonds. The van der Waals surface area contributed by atoms with Gasteiger partial charge < -0.3 is 67.2 Å². The van der Waals surface area contributed by atoms with Crippen LogP contribution in [0.3, 0.4) is 0 Å². The smallest absolute Gasteiger partial charge is 0.426 e. The van der Waals surface area contributed by atoms with E-state index in [0.29, 0.717) is 43.7 Å². The lowest BCUT2D eigenvalue weighted by atomic mass is 9.87. The molecule has 3 aliphatic heterocycles. The average molecular weight is 984 g/mol. The standard InChI is InChI=1S/C48H73N9O13/c1-29(11-18-38-30(2)23-37(32(4)69-38)55-41(60)20-13-31(3)58)12-19-39-44(63)48(28-68-48)25-35(70-39)24-42(61)56-57-47(66)67-27-33-14-16-34(17-15-33)53-45(64)36(9-8-22-51-46(50)65)54-43(62)26-52-40(59)10-6-5-7-21-49/h11-17,19-20,30-32,35-39,44,58,63H,5-10,18,21-28,49H2,1-4H3,(H,52,59)(H,53,64)(H,54,62)(H,55,60)(H,56,61)(H,57,66)(H3,50,51,65)/b19-12+,20-13-,29-11+/t30-,31?,32+,35+,36?,37?,38-,39?,44+,48?/m0/s1. The second-order valence-corrected chi connectivity index (χ2v) is 18.1. The van der Waals surface area contributed by atoms with Crippen LogP contribution < -0.4 is 48.9 Å². The first-order chi connectivity index (χ1) is 33.4. The molecule has 0 aliphatic carbocycles. The number of rotatable bonds is 25. The molecular weight excluding hydrogens is 911 g/mol. The number of ether oxygens (including phenoxy) is 4. The van der Waals surface area contributed by atoms with Gasteiger partial charge in [0.05, 0.1) is 50.0 Å². The van der Waals surface area contributed by atoms with Gasteiger partial charge in [0.2, 0.25) is 29.5 Å². The van der Waals surface area contributed by atoms with Crippen LogP contribution in [0.2, 0.25) is 0 Å². The number of aliphatic hydroxyl groups is 2. The van der Waals surface area contributed by atoms with Gasteiger partial charge in [0, 0.05) is 31.1 Å². The van der Waals surface area contributed by atoms with Crippen LogP contribution in [0.5, 0.6) is 0 Å². The fraction of sp³-hybridized carbons (Fsp3) is 0.604. The Morgan fingerprint density at radius 1 is 0.957 bits per heavy atom. The van der Waals surface area contributed by atoms with Crippen molar-refractivity contribution in [3.8, 4) is 0 Å². The van der Waals surface area contributed by atoms with Crippen LogP contribution in [-0.4, -0.2) is 132 Å². The Morgan fingerprint density at radius 2 is 1.70 bits per heavy atom. The van der Waals surface area contributed by atoms with E-state index in [2.05, 4.69) is 44.4 Å². The number of amides is 8. The maximum atomic E-state index is 13.2. The molecule has 70 heavy (non-hydrogen) atoms. The summed E-state index contributed by atoms with van der Waals surface area (Å²) in [5, 5.41) is 33.8. The third-order valence-electron chi connectivity index (χ3n) is 12.1. The molecule has 10 atom stereocenters. The number of benzene rings is 1. The van der Waals surface area contributed by atoms with Gasteiger partial charge in [-0.15, -0.1) is 0 Å². The van der Waals surface area contributed by atoms with Crippen molar-refractivity contribution in [2.75, 3.05) is 31.6 Å². The molecule has 0 aromatic heterocycles. The van der Waals surface area contributed by atoms with Crippen LogP contribution in [0.15, 0.2) is 60.2 Å². The van der Waals surface area contributed by atoms with Gasteiger partial charge >= 0.3 is 12.1 Å². The highest BCUT2D eigenvalue weighted by Crippen LogP contribution is 2.43. The number of hydrogen-bond acceptors (Lipinski definition) is 14. The lowest BCUT2D eigenvalue weighted by molar-refractivity contribution is -0.145. The number of anilines is 1. The Labute approximate surface area is 408 Å². The molecule has 5 unspecified atom stereocenters. The van der Waals surface area contributed by atoms with Crippen LogP contribution in [0.4, 0.5) is 15.3 Å². The number of hydrazine groups is 1. The number of aliphatic hydroxyl groups excluding tert-OH is 2. The van der Waals surface area contributed by atoms with E-state index in [9.17, 15) is 43.8 Å². The van der Waals surface area contributed by atoms with E-state index in [1.54, 1.807) is 37.3 Å². The number of nitrogens with two attached hydrogens (primary N) is 2. The zero-order valence-corrected chi connectivity index (χ0v) is 40.5. The molecule has 3 saturated heterocycles. The van der Waals surface area contributed by atoms with Gasteiger partial charge in [-0.1, -0.05) is 55.4 Å². The summed E-state index contributed by atoms with van der Waals surface area (Å²) in [7, 11) is 0. The van der Waals surface area contributed by atoms with Gasteiger partial charge in [0.1, 0.15) is 30.5 Å². The third kappa shape index (κ3) is 20.2. The van der Waals surface area contributed by atoms with Crippen LogP contribution in [0, 0.1) is 5.92 Å². The lowest BCUT2D eigenvalue weighted by Gasteiger charge is -2.39. The Bertz CT molecular complexity index is 2010. The number of hydrogen-bond donors (Lipinski definition) is 11. The van der Waals surface area contributed by atoms with E-state index in [-0.39, 0.29) is 81.4 Å². The Hall–Kier alpha value is -5.91. The highest BCUT2D eigenvalue weighted by Gasteiger charge is 2.58. The van der Waals surface area contributed by atoms with Crippen molar-refractivity contribution in [3.63, 3.8) is 0 Å². The maximum Gasteiger partial charge on any atom is 0.426 e. The van der Waals surface area contributed by atoms with E-state index < -0.39 is 65.9 Å². The first-order valence-corrected chi connectivity index (χ1v) is 23.9. The molecule has 4 rings (SSSR count). The Balaban J connectivity index is 1.19. The summed E-state index contributed by atoms with van der Waals surface area (Å²) in [5.74, 6) is -2.08. The molecule has 0 radical (unpaired) electrons. The Morgan fingerprint density at radius 3 is 2.39 bits per heavy atom. The zero-order valence-electron chi connectivity index (χ0n) is 40.5. The maximum absolute atomic E-state index is 13.2. The molecule has 3 fully saturated rings. The molecule has 1 aromatic rings. The predicted octanol–water partition coefficient (Wildman–Crippen LogP) is 1.26. The van der Waals surface area contributed by atoms with E-state index in [1.807, 2.05) is 26.0 Å². The van der Waals surface area contributed by atoms with Crippen LogP contribution in [0.25, 0.3) is 0 Å². The molecule has 3 heterocycles. The number of carbonyl (C=O) groups excluding carboxylic acids is 7. The largest absolute Gasteiger partial charge is 0.443 e. The second-order valence-electron chi connectivity index (χ2n) is 18.1. The number of unbranched alkanes of at least 4 members (excludes halogenated alkanes) is 2. The summed E-state index contributed by atoms with van der Waals surface area (Å²) in [6, 6.07) is 4.46. The minimum Gasteiger partial charge on any atom is -0.443 e. The summed E-state index contributed by atoms with van der Waals surface area (Å²) in [6.45, 7) is 8.02. The normalized spacial score (nSPS) is 25.1. The topological polar surface area (TPSA) is 336 Å². The van der Waals surface area contributed by atoms with Gasteiger partial charge in [-0.25, -0.2) is 15.0 Å². The fourth-order valence-corrected chi connectivity index (χ4v) is 7.97. The minimum atomic E-state index is -1.01. The Kier molecular flexibility index (Phi) is 23.2. The summed E-state index contributed by atoms with van der Waals surface area (Å²) in [5.41, 5.74) is 16.2. The van der Waals surface area contributed by atoms with Crippen LogP contribution in [-0.2, 0) is 49.5 Å². The summed E-state index contributed by atoms with van der Waals surface area (Å²) < 4.78 is 23.3. The molecule has 3 aliphatic rings. The first kappa shape index (κ1) is 56.7. The molecule has 0 bridgehead atoms. The molecule has 1 spiro atoms. The molecule has 1 aromatic carbocycles. The average Bonchev–Trinajstić information content (AvgIpc) is 4.09. The van der Waals surface area contributed by atoms with E-state index in [0.717, 1.165) is 24.8 Å². The van der Waals surface area contributed by atoms with Gasteiger partial charge in [0.25, 0.3) is 0 Å². The van der Waals surface area contributed by atoms with Crippen molar-refractivity contribution < 1.29 is 62.7 Å². The van der Waals surface area contributed by atoms with E-state index in [1.165, 1.54) is 12.2 Å². The monoisotopic (exact) mass is 984 g/mol. The zero-order chi connectivity index (χ0) is 51.2. The van der Waals surface area contributed by atoms with Crippen LogP contribution >= 0.6 is 0 Å². The molecular formula is C48H73N9O13. The molecule has 0 saturated carbocycles. The molecule has 22 nitrogen and oxygen atoms in total. The molecule has 388 valence electrons. The van der Waals surface area contributed by atoms with Crippen molar-refractivity contribution in [1.29, 1.82) is 0 Å². The number of allylic oxidation sites excluding steroid dienone is 2. The summed E-state index contributed by atoms with van der Waals surface area (Å²) in [4.78, 5) is 86.7. The third-order valence-corrected chi connectivity index (χ3v) is 12.1. The number of carbonyl (C=O) groups is 7. The number of nitrogens with one attached hydrogen (secondary N) is 7. The van der Waals surface area contributed by atoms with Gasteiger partial charge in [0.15, 0.2) is 0 Å². The van der Waals surface area contributed by atoms with Crippen molar-refractivity contribution >= 4 is 47.3 Å². The number of epoxide rings is 1. The molecule has 22 heteroatoms. The van der Waals surface area contributed by atoms with Gasteiger partial charge in [-0.2, -0.15) is 0 Å². The quantitative estimate of drug-likeness (QED) is 0.0216.